The number of benzene rings is 2. The number of hydrogen-bond acceptors (Lipinski definition) is 4. The van der Waals surface area contributed by atoms with E-state index in [1.807, 2.05) is 87.0 Å². The first-order chi connectivity index (χ1) is 15.7. The molecular formula is C28H39NO4P+. The SMILES string of the molecule is Cc1cc(C)c(C(=O)P(CCC(=O)OCC[N+](C)(C)C)C(=O)c2c(C)cc(C)cc2C)c(C)c1. The van der Waals surface area contributed by atoms with Crippen LogP contribution >= 0.6 is 7.92 Å². The van der Waals surface area contributed by atoms with E-state index in [9.17, 15) is 14.4 Å². The molecule has 0 spiro atoms. The minimum Gasteiger partial charge on any atom is -0.460 e. The van der Waals surface area contributed by atoms with Gasteiger partial charge in [-0.25, -0.2) is 0 Å². The summed E-state index contributed by atoms with van der Waals surface area (Å²) in [4.78, 5) is 40.1. The van der Waals surface area contributed by atoms with Crippen LogP contribution in [0.3, 0.4) is 0 Å². The van der Waals surface area contributed by atoms with Crippen molar-refractivity contribution in [3.05, 3.63) is 68.8 Å². The van der Waals surface area contributed by atoms with Crippen LogP contribution in [0.4, 0.5) is 0 Å². The van der Waals surface area contributed by atoms with Gasteiger partial charge < -0.3 is 9.22 Å². The van der Waals surface area contributed by atoms with Gasteiger partial charge in [0.2, 0.25) is 0 Å². The van der Waals surface area contributed by atoms with Gasteiger partial charge in [-0.1, -0.05) is 35.4 Å². The summed E-state index contributed by atoms with van der Waals surface area (Å²) in [7, 11) is 4.32. The number of carbonyl (C=O) groups is 3. The van der Waals surface area contributed by atoms with E-state index >= 15 is 0 Å². The molecule has 34 heavy (non-hydrogen) atoms. The molecule has 0 aliphatic rings. The zero-order chi connectivity index (χ0) is 25.8. The van der Waals surface area contributed by atoms with Gasteiger partial charge in [-0.2, -0.15) is 0 Å². The lowest BCUT2D eigenvalue weighted by atomic mass is 10.0. The van der Waals surface area contributed by atoms with Gasteiger partial charge in [0.05, 0.1) is 27.6 Å². The molecule has 0 unspecified atom stereocenters. The Morgan fingerprint density at radius 3 is 1.47 bits per heavy atom. The number of quaternary nitrogens is 1. The van der Waals surface area contributed by atoms with Gasteiger partial charge in [-0.3, -0.25) is 14.4 Å². The summed E-state index contributed by atoms with van der Waals surface area (Å²) in [5.41, 5.74) is 6.51. The van der Waals surface area contributed by atoms with E-state index in [4.69, 9.17) is 4.74 Å². The Hall–Kier alpha value is -2.36. The van der Waals surface area contributed by atoms with Gasteiger partial charge in [0, 0.05) is 19.0 Å². The third-order valence-corrected chi connectivity index (χ3v) is 7.94. The van der Waals surface area contributed by atoms with Crippen molar-refractivity contribution in [3.8, 4) is 0 Å². The van der Waals surface area contributed by atoms with Crippen LogP contribution in [0.1, 0.15) is 60.5 Å². The molecule has 0 heterocycles. The van der Waals surface area contributed by atoms with Crippen molar-refractivity contribution < 1.29 is 23.6 Å². The molecule has 0 N–H and O–H groups in total. The van der Waals surface area contributed by atoms with Crippen molar-refractivity contribution in [2.45, 2.75) is 48.0 Å². The predicted molar refractivity (Wildman–Crippen MR) is 140 cm³/mol. The van der Waals surface area contributed by atoms with Gasteiger partial charge in [-0.05, 0) is 70.0 Å². The number of hydrogen-bond donors (Lipinski definition) is 0. The maximum absolute atomic E-state index is 13.8. The van der Waals surface area contributed by atoms with E-state index in [0.717, 1.165) is 33.4 Å². The lowest BCUT2D eigenvalue weighted by Gasteiger charge is -2.23. The van der Waals surface area contributed by atoms with Crippen molar-refractivity contribution in [1.82, 2.24) is 0 Å². The normalized spacial score (nSPS) is 11.6. The molecule has 0 aromatic heterocycles. The van der Waals surface area contributed by atoms with Crippen molar-refractivity contribution in [1.29, 1.82) is 0 Å². The van der Waals surface area contributed by atoms with Crippen LogP contribution in [0.2, 0.25) is 0 Å². The van der Waals surface area contributed by atoms with Gasteiger partial charge >= 0.3 is 5.97 Å². The fourth-order valence-corrected chi connectivity index (χ4v) is 6.55. The Bertz CT molecular complexity index is 983. The topological polar surface area (TPSA) is 60.4 Å². The molecule has 0 aliphatic heterocycles. The second-order valence-corrected chi connectivity index (χ2v) is 12.4. The molecule has 0 radical (unpaired) electrons. The first-order valence-corrected chi connectivity index (χ1v) is 13.2. The molecular weight excluding hydrogens is 445 g/mol. The van der Waals surface area contributed by atoms with Crippen LogP contribution in [-0.4, -0.2) is 62.0 Å². The van der Waals surface area contributed by atoms with Crippen LogP contribution in [0, 0.1) is 41.5 Å². The summed E-state index contributed by atoms with van der Waals surface area (Å²) in [6.45, 7) is 12.6. The number of nitrogens with zero attached hydrogens (tertiary/aromatic N) is 1. The molecule has 0 amide bonds. The van der Waals surface area contributed by atoms with E-state index < -0.39 is 7.92 Å². The summed E-state index contributed by atoms with van der Waals surface area (Å²) in [5.74, 6) is -0.365. The number of aryl methyl sites for hydroxylation is 6. The van der Waals surface area contributed by atoms with E-state index in [-0.39, 0.29) is 29.6 Å². The minimum absolute atomic E-state index is 0.0498. The summed E-state index contributed by atoms with van der Waals surface area (Å²) in [6.07, 6.45) is 0.240. The average molecular weight is 485 g/mol. The molecule has 0 aliphatic carbocycles. The molecule has 2 aromatic rings. The molecule has 6 heteroatoms. The van der Waals surface area contributed by atoms with Crippen molar-refractivity contribution in [2.75, 3.05) is 40.5 Å². The highest BCUT2D eigenvalue weighted by atomic mass is 31.1. The Morgan fingerprint density at radius 2 is 1.12 bits per heavy atom. The maximum atomic E-state index is 13.8. The number of likely N-dealkylation sites (N-methyl/N-ethyl adjacent to an activating group) is 1. The smallest absolute Gasteiger partial charge is 0.306 e. The highest BCUT2D eigenvalue weighted by molar-refractivity contribution is 7.90. The highest BCUT2D eigenvalue weighted by Crippen LogP contribution is 2.46. The lowest BCUT2D eigenvalue weighted by molar-refractivity contribution is -0.870. The lowest BCUT2D eigenvalue weighted by Crippen LogP contribution is -2.38. The Labute approximate surface area is 205 Å². The molecule has 2 aromatic carbocycles. The Kier molecular flexibility index (Phi) is 9.33. The van der Waals surface area contributed by atoms with Crippen LogP contribution < -0.4 is 0 Å². The molecule has 0 saturated carbocycles. The summed E-state index contributed by atoms with van der Waals surface area (Å²) >= 11 is 0. The largest absolute Gasteiger partial charge is 0.460 e. The van der Waals surface area contributed by atoms with Gasteiger partial charge in [0.25, 0.3) is 0 Å². The third-order valence-electron chi connectivity index (χ3n) is 5.84. The second-order valence-electron chi connectivity index (χ2n) is 10.3. The van der Waals surface area contributed by atoms with Gasteiger partial charge in [0.1, 0.15) is 13.2 Å². The fourth-order valence-electron chi connectivity index (χ4n) is 4.31. The molecule has 5 nitrogen and oxygen atoms in total. The molecule has 0 atom stereocenters. The van der Waals surface area contributed by atoms with Crippen molar-refractivity contribution in [3.63, 3.8) is 0 Å². The quantitative estimate of drug-likeness (QED) is 0.249. The summed E-state index contributed by atoms with van der Waals surface area (Å²) in [5, 5.41) is 0. The molecule has 0 fully saturated rings. The molecule has 0 bridgehead atoms. The molecule has 0 saturated heterocycles. The average Bonchev–Trinajstić information content (AvgIpc) is 2.65. The van der Waals surface area contributed by atoms with E-state index in [2.05, 4.69) is 0 Å². The van der Waals surface area contributed by atoms with Crippen LogP contribution in [-0.2, 0) is 9.53 Å². The zero-order valence-electron chi connectivity index (χ0n) is 22.2. The first-order valence-electron chi connectivity index (χ1n) is 11.7. The Balaban J connectivity index is 2.37. The summed E-state index contributed by atoms with van der Waals surface area (Å²) in [6, 6.07) is 7.89. The third kappa shape index (κ3) is 7.32. The predicted octanol–water partition coefficient (Wildman–Crippen LogP) is 5.64. The van der Waals surface area contributed by atoms with E-state index in [1.54, 1.807) is 0 Å². The minimum atomic E-state index is -1.77. The van der Waals surface area contributed by atoms with E-state index in [0.29, 0.717) is 28.8 Å². The number of ether oxygens (including phenoxy) is 1. The second kappa shape index (κ2) is 11.4. The van der Waals surface area contributed by atoms with Crippen molar-refractivity contribution >= 4 is 24.9 Å². The van der Waals surface area contributed by atoms with Gasteiger partial charge in [-0.15, -0.1) is 0 Å². The van der Waals surface area contributed by atoms with Crippen LogP contribution in [0.25, 0.3) is 0 Å². The van der Waals surface area contributed by atoms with Crippen molar-refractivity contribution in [2.24, 2.45) is 0 Å². The van der Waals surface area contributed by atoms with E-state index in [1.165, 1.54) is 0 Å². The molecule has 184 valence electrons. The number of esters is 1. The maximum Gasteiger partial charge on any atom is 0.306 e. The van der Waals surface area contributed by atoms with Gasteiger partial charge in [0.15, 0.2) is 11.0 Å². The molecule has 2 rings (SSSR count). The highest BCUT2D eigenvalue weighted by Gasteiger charge is 2.32. The number of rotatable bonds is 10. The standard InChI is InChI=1S/C28H39NO4P/c1-18-14-20(3)25(21(4)15-18)27(31)34(13-10-24(30)33-12-11-29(7,8)9)28(32)26-22(5)16-19(2)17-23(26)6/h14-17H,10-13H2,1-9H3/q+1. The zero-order valence-corrected chi connectivity index (χ0v) is 23.1. The monoisotopic (exact) mass is 484 g/mol. The summed E-state index contributed by atoms with van der Waals surface area (Å²) < 4.78 is 6.09. The van der Waals surface area contributed by atoms with Crippen LogP contribution in [0.15, 0.2) is 24.3 Å². The fraction of sp³-hybridized carbons (Fsp3) is 0.464. The first kappa shape index (κ1) is 27.9. The number of carbonyl (C=O) groups excluding carboxylic acids is 3. The van der Waals surface area contributed by atoms with Crippen LogP contribution in [0.5, 0.6) is 0 Å². The Morgan fingerprint density at radius 1 is 0.735 bits per heavy atom.